The smallest absolute Gasteiger partial charge is 0.335 e. The topological polar surface area (TPSA) is 102 Å². The SMILES string of the molecule is C=C(C=O)CO.C=C(CO)C(=O)OCC(COC)COc1ccc(CCC2CCC(C3CCC(CCCCCCC)CC3)CC2)cc1. The van der Waals surface area contributed by atoms with Crippen molar-refractivity contribution in [3.8, 4) is 5.75 Å². The second-order valence-corrected chi connectivity index (χ2v) is 13.9. The molecular formula is C40H64O7. The van der Waals surface area contributed by atoms with Gasteiger partial charge in [-0.3, -0.25) is 4.79 Å². The molecule has 2 saturated carbocycles. The van der Waals surface area contributed by atoms with E-state index in [2.05, 4.69) is 32.2 Å². The van der Waals surface area contributed by atoms with Crippen molar-refractivity contribution in [2.45, 2.75) is 110 Å². The van der Waals surface area contributed by atoms with Crippen LogP contribution in [0.3, 0.4) is 0 Å². The minimum Gasteiger partial charge on any atom is -0.493 e. The zero-order chi connectivity index (χ0) is 34.3. The number of aryl methyl sites for hydroxylation is 1. The average Bonchev–Trinajstić information content (AvgIpc) is 3.12. The number of aliphatic hydroxyl groups is 2. The van der Waals surface area contributed by atoms with Gasteiger partial charge in [0, 0.05) is 12.7 Å². The molecule has 1 unspecified atom stereocenters. The maximum Gasteiger partial charge on any atom is 0.335 e. The zero-order valence-electron chi connectivity index (χ0n) is 29.5. The molecule has 2 aliphatic carbocycles. The van der Waals surface area contributed by atoms with Gasteiger partial charge >= 0.3 is 5.97 Å². The Kier molecular flexibility index (Phi) is 21.3. The van der Waals surface area contributed by atoms with Gasteiger partial charge in [-0.2, -0.15) is 0 Å². The van der Waals surface area contributed by atoms with E-state index in [0.29, 0.717) is 19.5 Å². The average molecular weight is 657 g/mol. The first-order chi connectivity index (χ1) is 22.8. The van der Waals surface area contributed by atoms with Crippen LogP contribution in [0.4, 0.5) is 0 Å². The summed E-state index contributed by atoms with van der Waals surface area (Å²) in [4.78, 5) is 21.2. The molecule has 47 heavy (non-hydrogen) atoms. The molecule has 1 atom stereocenters. The Bertz CT molecular complexity index is 1000. The third kappa shape index (κ3) is 17.0. The summed E-state index contributed by atoms with van der Waals surface area (Å²) in [6, 6.07) is 8.44. The number of esters is 1. The molecule has 3 rings (SSSR count). The third-order valence-corrected chi connectivity index (χ3v) is 10.1. The van der Waals surface area contributed by atoms with Crippen LogP contribution in [0.1, 0.15) is 109 Å². The number of carbonyl (C=O) groups excluding carboxylic acids is 2. The highest BCUT2D eigenvalue weighted by Crippen LogP contribution is 2.43. The van der Waals surface area contributed by atoms with Gasteiger partial charge < -0.3 is 24.4 Å². The van der Waals surface area contributed by atoms with E-state index in [-0.39, 0.29) is 30.3 Å². The third-order valence-electron chi connectivity index (χ3n) is 10.1. The standard InChI is InChI=1S/C36H58O5.C4H6O2/c1-4-5-6-7-8-9-29-12-18-33(19-13-29)34-20-14-30(15-21-34)10-11-31-16-22-35(23-17-31)40-26-32(25-39-3)27-41-36(38)28(2)24-37;1-4(2-5)3-6/h16-17,22-23,29-30,32-34,37H,2,4-15,18-21,24-27H2,1,3H3;2,6H,1,3H2. The molecule has 2 fully saturated rings. The van der Waals surface area contributed by atoms with Crippen LogP contribution < -0.4 is 4.74 Å². The summed E-state index contributed by atoms with van der Waals surface area (Å²) in [6.45, 7) is 9.30. The molecule has 0 bridgehead atoms. The number of hydrogen-bond donors (Lipinski definition) is 2. The minimum absolute atomic E-state index is 0.0479. The first kappa shape index (κ1) is 40.7. The van der Waals surface area contributed by atoms with E-state index in [9.17, 15) is 9.59 Å². The van der Waals surface area contributed by atoms with Crippen molar-refractivity contribution in [2.75, 3.05) is 40.1 Å². The largest absolute Gasteiger partial charge is 0.493 e. The van der Waals surface area contributed by atoms with Crippen LogP contribution in [0, 0.1) is 29.6 Å². The summed E-state index contributed by atoms with van der Waals surface area (Å²) in [6.07, 6.45) is 23.3. The fraction of sp³-hybridized carbons (Fsp3) is 0.700. The second kappa shape index (κ2) is 24.6. The number of carbonyl (C=O) groups is 2. The quantitative estimate of drug-likeness (QED) is 0.0597. The van der Waals surface area contributed by atoms with E-state index in [1.807, 2.05) is 12.1 Å². The molecule has 0 saturated heterocycles. The molecule has 2 N–H and O–H groups in total. The number of methoxy groups -OCH3 is 1. The van der Waals surface area contributed by atoms with E-state index in [1.54, 1.807) is 7.11 Å². The van der Waals surface area contributed by atoms with Gasteiger partial charge in [0.05, 0.1) is 44.5 Å². The first-order valence-corrected chi connectivity index (χ1v) is 18.2. The highest BCUT2D eigenvalue weighted by Gasteiger charge is 2.30. The predicted octanol–water partition coefficient (Wildman–Crippen LogP) is 8.06. The molecule has 0 spiro atoms. The van der Waals surface area contributed by atoms with Gasteiger partial charge in [-0.15, -0.1) is 0 Å². The van der Waals surface area contributed by atoms with E-state index >= 15 is 0 Å². The van der Waals surface area contributed by atoms with Crippen LogP contribution in [0.15, 0.2) is 48.6 Å². The van der Waals surface area contributed by atoms with Crippen molar-refractivity contribution < 1.29 is 34.0 Å². The van der Waals surface area contributed by atoms with Crippen LogP contribution in [0.25, 0.3) is 0 Å². The molecule has 7 nitrogen and oxygen atoms in total. The number of hydrogen-bond acceptors (Lipinski definition) is 7. The predicted molar refractivity (Wildman–Crippen MR) is 189 cm³/mol. The molecule has 0 aromatic heterocycles. The number of benzene rings is 1. The lowest BCUT2D eigenvalue weighted by atomic mass is 9.68. The highest BCUT2D eigenvalue weighted by atomic mass is 16.5. The number of rotatable bonds is 21. The minimum atomic E-state index is -0.586. The number of aldehydes is 1. The van der Waals surface area contributed by atoms with Crippen LogP contribution in [-0.2, 0) is 25.5 Å². The molecule has 0 amide bonds. The van der Waals surface area contributed by atoms with Crippen molar-refractivity contribution in [3.05, 3.63) is 54.1 Å². The number of aliphatic hydroxyl groups excluding tert-OH is 2. The second-order valence-electron chi connectivity index (χ2n) is 13.9. The van der Waals surface area contributed by atoms with Crippen LogP contribution in [-0.4, -0.2) is 62.6 Å². The van der Waals surface area contributed by atoms with Gasteiger partial charge in [0.15, 0.2) is 0 Å². The maximum atomic E-state index is 11.8. The van der Waals surface area contributed by atoms with Crippen LogP contribution >= 0.6 is 0 Å². The number of unbranched alkanes of at least 4 members (excludes halogenated alkanes) is 4. The Hall–Kier alpha value is -2.48. The summed E-state index contributed by atoms with van der Waals surface area (Å²) < 4.78 is 16.4. The van der Waals surface area contributed by atoms with Crippen LogP contribution in [0.5, 0.6) is 5.75 Å². The molecule has 0 aliphatic heterocycles. The Balaban J connectivity index is 0.00000117. The molecule has 2 aliphatic rings. The Morgan fingerprint density at radius 3 is 1.94 bits per heavy atom. The lowest BCUT2D eigenvalue weighted by Crippen LogP contribution is -2.26. The van der Waals surface area contributed by atoms with Gasteiger partial charge in [-0.25, -0.2) is 4.79 Å². The van der Waals surface area contributed by atoms with E-state index in [4.69, 9.17) is 24.4 Å². The summed E-state index contributed by atoms with van der Waals surface area (Å²) >= 11 is 0. The lowest BCUT2D eigenvalue weighted by molar-refractivity contribution is -0.141. The van der Waals surface area contributed by atoms with E-state index in [1.165, 1.54) is 102 Å². The summed E-state index contributed by atoms with van der Waals surface area (Å²) in [5, 5.41) is 17.0. The molecule has 7 heteroatoms. The molecule has 0 heterocycles. The molecule has 0 radical (unpaired) electrons. The van der Waals surface area contributed by atoms with Crippen molar-refractivity contribution in [2.24, 2.45) is 29.6 Å². The molecule has 266 valence electrons. The van der Waals surface area contributed by atoms with Gasteiger partial charge in [-0.05, 0) is 79.9 Å². The van der Waals surface area contributed by atoms with Crippen molar-refractivity contribution in [3.63, 3.8) is 0 Å². The fourth-order valence-electron chi connectivity index (χ4n) is 7.05. The van der Waals surface area contributed by atoms with E-state index < -0.39 is 12.6 Å². The zero-order valence-corrected chi connectivity index (χ0v) is 29.5. The van der Waals surface area contributed by atoms with E-state index in [0.717, 1.165) is 35.8 Å². The Labute approximate surface area is 285 Å². The highest BCUT2D eigenvalue weighted by molar-refractivity contribution is 5.87. The maximum absolute atomic E-state index is 11.8. The Morgan fingerprint density at radius 2 is 1.43 bits per heavy atom. The van der Waals surface area contributed by atoms with Crippen molar-refractivity contribution >= 4 is 12.3 Å². The summed E-state index contributed by atoms with van der Waals surface area (Å²) in [5.74, 6) is 4.03. The first-order valence-electron chi connectivity index (χ1n) is 18.2. The van der Waals surface area contributed by atoms with Crippen molar-refractivity contribution in [1.29, 1.82) is 0 Å². The molecular weight excluding hydrogens is 592 g/mol. The van der Waals surface area contributed by atoms with Crippen molar-refractivity contribution in [1.82, 2.24) is 0 Å². The molecule has 1 aromatic rings. The normalized spacial score (nSPS) is 21.5. The Morgan fingerprint density at radius 1 is 0.830 bits per heavy atom. The van der Waals surface area contributed by atoms with Gasteiger partial charge in [0.2, 0.25) is 0 Å². The monoisotopic (exact) mass is 656 g/mol. The molecule has 1 aromatic carbocycles. The lowest BCUT2D eigenvalue weighted by Gasteiger charge is -2.38. The summed E-state index contributed by atoms with van der Waals surface area (Å²) in [7, 11) is 1.62. The van der Waals surface area contributed by atoms with Crippen LogP contribution in [0.2, 0.25) is 0 Å². The van der Waals surface area contributed by atoms with Gasteiger partial charge in [0.25, 0.3) is 0 Å². The summed E-state index contributed by atoms with van der Waals surface area (Å²) in [5.41, 5.74) is 1.64. The fourth-order valence-corrected chi connectivity index (χ4v) is 7.05. The van der Waals surface area contributed by atoms with Gasteiger partial charge in [-0.1, -0.05) is 96.4 Å². The van der Waals surface area contributed by atoms with Gasteiger partial charge in [0.1, 0.15) is 12.0 Å². The number of ether oxygens (including phenoxy) is 3.